The van der Waals surface area contributed by atoms with Crippen LogP contribution in [0.5, 0.6) is 0 Å². The molecule has 3 heterocycles. The first-order chi connectivity index (χ1) is 21.2. The maximum absolute atomic E-state index is 14.5. The molecule has 0 aliphatic carbocycles. The number of carbonyl (C=O) groups is 3. The van der Waals surface area contributed by atoms with Crippen LogP contribution in [0.15, 0.2) is 48.8 Å². The van der Waals surface area contributed by atoms with E-state index in [4.69, 9.17) is 26.1 Å². The van der Waals surface area contributed by atoms with Crippen LogP contribution in [0.25, 0.3) is 16.9 Å². The number of nitrogens with zero attached hydrogens (tertiary/aromatic N) is 4. The quantitative estimate of drug-likeness (QED) is 0.211. The second-order valence-corrected chi connectivity index (χ2v) is 10.6. The van der Waals surface area contributed by atoms with Crippen LogP contribution in [-0.2, 0) is 14.3 Å². The van der Waals surface area contributed by atoms with Gasteiger partial charge in [0.25, 0.3) is 5.91 Å². The lowest BCUT2D eigenvalue weighted by atomic mass is 9.99. The van der Waals surface area contributed by atoms with Crippen LogP contribution in [-0.4, -0.2) is 63.2 Å². The number of ether oxygens (including phenoxy) is 2. The molecule has 4 aromatic rings. The second-order valence-electron chi connectivity index (χ2n) is 10.2. The van der Waals surface area contributed by atoms with Crippen LogP contribution in [0.3, 0.4) is 0 Å². The third kappa shape index (κ3) is 7.03. The summed E-state index contributed by atoms with van der Waals surface area (Å²) >= 11 is 5.88. The van der Waals surface area contributed by atoms with Gasteiger partial charge in [0.1, 0.15) is 18.1 Å². The summed E-state index contributed by atoms with van der Waals surface area (Å²) in [5, 5.41) is 16.3. The average molecular weight is 625 g/mol. The van der Waals surface area contributed by atoms with Gasteiger partial charge in [-0.3, -0.25) is 14.9 Å². The van der Waals surface area contributed by atoms with Crippen molar-refractivity contribution >= 4 is 40.9 Å². The minimum atomic E-state index is -0.684. The van der Waals surface area contributed by atoms with Gasteiger partial charge in [-0.2, -0.15) is 0 Å². The topological polar surface area (TPSA) is 165 Å². The number of carbonyl (C=O) groups excluding carboxylic acids is 3. The highest BCUT2D eigenvalue weighted by molar-refractivity contribution is 6.30. The molecule has 15 heteroatoms. The Morgan fingerprint density at radius 2 is 2.05 bits per heavy atom. The number of methoxy groups -OCH3 is 1. The molecular formula is C29H30ClFN8O5. The third-order valence-electron chi connectivity index (χ3n) is 7.04. The molecule has 0 saturated heterocycles. The molecule has 230 valence electrons. The number of H-pyrrole nitrogens is 1. The monoisotopic (exact) mass is 624 g/mol. The number of fused-ring (bicyclic) bond motifs is 4. The first-order valence-electron chi connectivity index (χ1n) is 13.8. The third-order valence-corrected chi connectivity index (χ3v) is 7.33. The summed E-state index contributed by atoms with van der Waals surface area (Å²) in [7, 11) is 1.50. The normalized spacial score (nSPS) is 16.6. The fourth-order valence-corrected chi connectivity index (χ4v) is 4.82. The van der Waals surface area contributed by atoms with E-state index in [0.717, 1.165) is 4.68 Å². The van der Waals surface area contributed by atoms with Crippen molar-refractivity contribution in [1.29, 1.82) is 0 Å². The van der Waals surface area contributed by atoms with Gasteiger partial charge in [-0.15, -0.1) is 5.10 Å². The molecule has 5 rings (SSSR count). The fraction of sp³-hybridized carbons (Fsp3) is 0.310. The maximum Gasteiger partial charge on any atom is 0.411 e. The Balaban J connectivity index is 1.38. The van der Waals surface area contributed by atoms with E-state index in [1.807, 2.05) is 6.92 Å². The minimum Gasteiger partial charge on any atom is -0.447 e. The van der Waals surface area contributed by atoms with E-state index < -0.39 is 23.9 Å². The van der Waals surface area contributed by atoms with Crippen molar-refractivity contribution in [2.45, 2.75) is 32.2 Å². The van der Waals surface area contributed by atoms with E-state index in [9.17, 15) is 18.8 Å². The summed E-state index contributed by atoms with van der Waals surface area (Å²) in [6, 6.07) is 8.91. The first kappa shape index (κ1) is 30.6. The Hall–Kier alpha value is -4.82. The molecule has 0 spiro atoms. The number of imidazole rings is 1. The Kier molecular flexibility index (Phi) is 9.50. The van der Waals surface area contributed by atoms with Gasteiger partial charge in [-0.25, -0.2) is 18.9 Å². The number of hydrogen-bond acceptors (Lipinski definition) is 8. The van der Waals surface area contributed by atoms with E-state index in [2.05, 4.69) is 31.2 Å². The SMILES string of the molecule is COCCOC(=O)Nc1ccc2c(c1)NC(=O)[C@H](C)CCC[C@H](NC(=O)c1cn(-c3cccc(Cl)c3F)nn1)c1nc-2c[nH]1. The van der Waals surface area contributed by atoms with Gasteiger partial charge in [0, 0.05) is 30.5 Å². The summed E-state index contributed by atoms with van der Waals surface area (Å²) in [5.74, 6) is -1.27. The molecule has 2 aromatic heterocycles. The van der Waals surface area contributed by atoms with Gasteiger partial charge < -0.3 is 25.1 Å². The van der Waals surface area contributed by atoms with Crippen molar-refractivity contribution in [2.75, 3.05) is 31.0 Å². The van der Waals surface area contributed by atoms with Crippen molar-refractivity contribution in [3.8, 4) is 16.9 Å². The van der Waals surface area contributed by atoms with E-state index in [-0.39, 0.29) is 41.4 Å². The van der Waals surface area contributed by atoms with Gasteiger partial charge >= 0.3 is 6.09 Å². The Bertz CT molecular complexity index is 1670. The zero-order chi connectivity index (χ0) is 31.2. The van der Waals surface area contributed by atoms with E-state index in [1.54, 1.807) is 30.5 Å². The number of aromatic amines is 1. The van der Waals surface area contributed by atoms with Gasteiger partial charge in [0.15, 0.2) is 11.5 Å². The van der Waals surface area contributed by atoms with Crippen molar-refractivity contribution in [3.05, 3.63) is 71.2 Å². The molecule has 0 saturated carbocycles. The lowest BCUT2D eigenvalue weighted by Crippen LogP contribution is -2.30. The Labute approximate surface area is 256 Å². The fourth-order valence-electron chi connectivity index (χ4n) is 4.65. The number of halogens is 2. The highest BCUT2D eigenvalue weighted by atomic mass is 35.5. The van der Waals surface area contributed by atoms with Gasteiger partial charge in [0.2, 0.25) is 5.91 Å². The molecule has 1 aliphatic rings. The molecule has 2 aromatic carbocycles. The number of anilines is 2. The number of rotatable bonds is 7. The zero-order valence-electron chi connectivity index (χ0n) is 23.9. The van der Waals surface area contributed by atoms with E-state index >= 15 is 0 Å². The van der Waals surface area contributed by atoms with Crippen LogP contribution in [0, 0.1) is 11.7 Å². The van der Waals surface area contributed by atoms with E-state index in [0.29, 0.717) is 47.7 Å². The van der Waals surface area contributed by atoms with Crippen LogP contribution in [0.1, 0.15) is 48.5 Å². The average Bonchev–Trinajstić information content (AvgIpc) is 3.69. The predicted octanol–water partition coefficient (Wildman–Crippen LogP) is 4.87. The zero-order valence-corrected chi connectivity index (χ0v) is 24.7. The molecule has 3 amide bonds. The molecular weight excluding hydrogens is 595 g/mol. The molecule has 2 atom stereocenters. The van der Waals surface area contributed by atoms with Gasteiger partial charge in [-0.1, -0.05) is 36.2 Å². The van der Waals surface area contributed by atoms with Crippen LogP contribution >= 0.6 is 11.6 Å². The number of aromatic nitrogens is 5. The molecule has 44 heavy (non-hydrogen) atoms. The molecule has 2 bridgehead atoms. The van der Waals surface area contributed by atoms with Gasteiger partial charge in [0.05, 0.1) is 35.2 Å². The minimum absolute atomic E-state index is 0.0267. The summed E-state index contributed by atoms with van der Waals surface area (Å²) in [6.45, 7) is 2.17. The van der Waals surface area contributed by atoms with Crippen molar-refractivity contribution < 1.29 is 28.2 Å². The van der Waals surface area contributed by atoms with E-state index in [1.165, 1.54) is 25.4 Å². The number of nitrogens with one attached hydrogen (secondary N) is 4. The van der Waals surface area contributed by atoms with Crippen molar-refractivity contribution in [1.82, 2.24) is 30.3 Å². The smallest absolute Gasteiger partial charge is 0.411 e. The first-order valence-corrected chi connectivity index (χ1v) is 14.2. The molecule has 1 aliphatic heterocycles. The molecule has 0 fully saturated rings. The van der Waals surface area contributed by atoms with Crippen LogP contribution in [0.4, 0.5) is 20.6 Å². The summed E-state index contributed by atoms with van der Waals surface area (Å²) in [4.78, 5) is 46.3. The second kappa shape index (κ2) is 13.7. The molecule has 13 nitrogen and oxygen atoms in total. The number of amides is 3. The molecule has 0 radical (unpaired) electrons. The van der Waals surface area contributed by atoms with Crippen molar-refractivity contribution in [2.24, 2.45) is 5.92 Å². The Morgan fingerprint density at radius 1 is 1.20 bits per heavy atom. The van der Waals surface area contributed by atoms with Crippen LogP contribution < -0.4 is 16.0 Å². The number of benzene rings is 2. The van der Waals surface area contributed by atoms with Crippen LogP contribution in [0.2, 0.25) is 5.02 Å². The maximum atomic E-state index is 14.5. The largest absolute Gasteiger partial charge is 0.447 e. The number of hydrogen-bond donors (Lipinski definition) is 4. The summed E-state index contributed by atoms with van der Waals surface area (Å²) < 4.78 is 25.6. The highest BCUT2D eigenvalue weighted by Gasteiger charge is 2.25. The molecule has 0 unspecified atom stereocenters. The molecule has 4 N–H and O–H groups in total. The summed E-state index contributed by atoms with van der Waals surface area (Å²) in [6.07, 6.45) is 3.94. The van der Waals surface area contributed by atoms with Crippen molar-refractivity contribution in [3.63, 3.8) is 0 Å². The lowest BCUT2D eigenvalue weighted by molar-refractivity contribution is -0.119. The van der Waals surface area contributed by atoms with Gasteiger partial charge in [-0.05, 0) is 43.2 Å². The standard InChI is InChI=1S/C29H30ClFN8O5/c1-16-5-3-7-20(35-28(41)23-15-39(38-37-23)24-8-4-6-19(30)25(24)31)26-32-14-22(34-26)18-10-9-17(13-21(18)36-27(16)40)33-29(42)44-12-11-43-2/h4,6,8-10,13-16,20H,3,5,7,11-12H2,1-2H3,(H,32,34)(H,33,42)(H,35,41)(H,36,40)/t16-,20+/m1/s1. The predicted molar refractivity (Wildman–Crippen MR) is 159 cm³/mol. The lowest BCUT2D eigenvalue weighted by Gasteiger charge is -2.19. The summed E-state index contributed by atoms with van der Waals surface area (Å²) in [5.41, 5.74) is 2.00. The highest BCUT2D eigenvalue weighted by Crippen LogP contribution is 2.33. The Morgan fingerprint density at radius 3 is 2.86 bits per heavy atom.